The Labute approximate surface area is 167 Å². The van der Waals surface area contributed by atoms with Crippen molar-refractivity contribution >= 4 is 35.6 Å². The van der Waals surface area contributed by atoms with Gasteiger partial charge in [0.15, 0.2) is 5.96 Å². The molecule has 3 N–H and O–H groups in total. The zero-order chi connectivity index (χ0) is 16.8. The molecular weight excluding hydrogens is 431 g/mol. The van der Waals surface area contributed by atoms with Gasteiger partial charge in [0.25, 0.3) is 0 Å². The van der Waals surface area contributed by atoms with Crippen LogP contribution >= 0.6 is 24.0 Å². The number of nitrogens with zero attached hydrogens (tertiary/aromatic N) is 2. The van der Waals surface area contributed by atoms with E-state index in [-0.39, 0.29) is 29.5 Å². The van der Waals surface area contributed by atoms with E-state index in [0.717, 1.165) is 44.0 Å². The molecule has 6 nitrogen and oxygen atoms in total. The number of guanidine groups is 1. The van der Waals surface area contributed by atoms with E-state index in [2.05, 4.69) is 15.2 Å². The average Bonchev–Trinajstić information content (AvgIpc) is 3.17. The second-order valence-corrected chi connectivity index (χ2v) is 6.59. The molecule has 2 aliphatic heterocycles. The number of halogens is 1. The molecule has 2 fully saturated rings. The quantitative estimate of drug-likeness (QED) is 0.402. The van der Waals surface area contributed by atoms with Crippen LogP contribution in [0, 0.1) is 0 Å². The normalized spacial score (nSPS) is 20.8. The van der Waals surface area contributed by atoms with Crippen LogP contribution in [-0.2, 0) is 4.74 Å². The highest BCUT2D eigenvalue weighted by atomic mass is 127. The highest BCUT2D eigenvalue weighted by Crippen LogP contribution is 2.31. The van der Waals surface area contributed by atoms with Crippen molar-refractivity contribution in [2.75, 3.05) is 45.3 Å². The molecule has 1 aromatic carbocycles. The molecule has 7 heteroatoms. The van der Waals surface area contributed by atoms with Gasteiger partial charge in [-0.2, -0.15) is 0 Å². The third-order valence-corrected chi connectivity index (χ3v) is 5.11. The van der Waals surface area contributed by atoms with Gasteiger partial charge in [-0.1, -0.05) is 0 Å². The van der Waals surface area contributed by atoms with E-state index in [9.17, 15) is 0 Å². The Morgan fingerprint density at radius 1 is 1.24 bits per heavy atom. The maximum Gasteiger partial charge on any atom is 0.193 e. The fourth-order valence-electron chi connectivity index (χ4n) is 3.61. The molecule has 0 radical (unpaired) electrons. The summed E-state index contributed by atoms with van der Waals surface area (Å²) in [6.45, 7) is 4.70. The van der Waals surface area contributed by atoms with Gasteiger partial charge in [-0.05, 0) is 63.0 Å². The van der Waals surface area contributed by atoms with Crippen molar-refractivity contribution in [2.45, 2.75) is 31.2 Å². The van der Waals surface area contributed by atoms with Gasteiger partial charge in [-0.3, -0.25) is 9.89 Å². The number of nitrogens with one attached hydrogen (secondary N) is 1. The number of anilines is 1. The lowest BCUT2D eigenvalue weighted by Crippen LogP contribution is -2.53. The van der Waals surface area contributed by atoms with E-state index in [4.69, 9.17) is 15.2 Å². The van der Waals surface area contributed by atoms with Crippen LogP contribution in [0.15, 0.2) is 29.3 Å². The Kier molecular flexibility index (Phi) is 7.77. The van der Waals surface area contributed by atoms with Gasteiger partial charge in [0.1, 0.15) is 5.75 Å². The summed E-state index contributed by atoms with van der Waals surface area (Å²) in [6.07, 6.45) is 4.64. The molecule has 25 heavy (non-hydrogen) atoms. The molecule has 0 saturated carbocycles. The number of methoxy groups -OCH3 is 1. The number of benzene rings is 1. The third-order valence-electron chi connectivity index (χ3n) is 5.11. The zero-order valence-electron chi connectivity index (χ0n) is 14.9. The molecule has 1 aromatic rings. The van der Waals surface area contributed by atoms with Crippen LogP contribution < -0.4 is 15.8 Å². The lowest BCUT2D eigenvalue weighted by molar-refractivity contribution is -0.0138. The van der Waals surface area contributed by atoms with Crippen molar-refractivity contribution in [3.8, 4) is 5.75 Å². The Bertz CT molecular complexity index is 553. The number of aliphatic imine (C=N–C) groups is 1. The first-order chi connectivity index (χ1) is 11.7. The van der Waals surface area contributed by atoms with Crippen molar-refractivity contribution < 1.29 is 9.47 Å². The molecule has 2 heterocycles. The maximum absolute atomic E-state index is 6.11. The lowest BCUT2D eigenvalue weighted by atomic mass is 9.88. The Morgan fingerprint density at radius 2 is 1.88 bits per heavy atom. The average molecular weight is 460 g/mol. The summed E-state index contributed by atoms with van der Waals surface area (Å²) in [5, 5.41) is 3.16. The Morgan fingerprint density at radius 3 is 2.48 bits per heavy atom. The largest absolute Gasteiger partial charge is 0.497 e. The third kappa shape index (κ3) is 5.21. The number of rotatable bonds is 5. The Balaban J connectivity index is 0.00000225. The van der Waals surface area contributed by atoms with Crippen molar-refractivity contribution in [2.24, 2.45) is 10.7 Å². The van der Waals surface area contributed by atoms with Crippen LogP contribution in [0.3, 0.4) is 0 Å². The van der Waals surface area contributed by atoms with Gasteiger partial charge >= 0.3 is 0 Å². The fraction of sp³-hybridized carbons (Fsp3) is 0.611. The first-order valence-electron chi connectivity index (χ1n) is 8.76. The summed E-state index contributed by atoms with van der Waals surface area (Å²) in [4.78, 5) is 7.25. The van der Waals surface area contributed by atoms with Crippen LogP contribution in [-0.4, -0.2) is 56.4 Å². The van der Waals surface area contributed by atoms with E-state index in [0.29, 0.717) is 5.96 Å². The first-order valence-corrected chi connectivity index (χ1v) is 8.76. The summed E-state index contributed by atoms with van der Waals surface area (Å²) in [5.74, 6) is 1.29. The topological polar surface area (TPSA) is 72.1 Å². The summed E-state index contributed by atoms with van der Waals surface area (Å²) in [7, 11) is 1.66. The molecule has 2 saturated heterocycles. The van der Waals surface area contributed by atoms with Gasteiger partial charge in [0.2, 0.25) is 0 Å². The summed E-state index contributed by atoms with van der Waals surface area (Å²) in [5.41, 5.74) is 7.14. The molecule has 2 aliphatic rings. The molecule has 0 aliphatic carbocycles. The van der Waals surface area contributed by atoms with E-state index in [1.165, 1.54) is 25.9 Å². The zero-order valence-corrected chi connectivity index (χ0v) is 17.2. The predicted octanol–water partition coefficient (Wildman–Crippen LogP) is 2.68. The SMILES string of the molecule is COc1ccc(NC(N)=NCC2(N3CCCC3)CCOCC2)cc1.I. The highest BCUT2D eigenvalue weighted by molar-refractivity contribution is 14.0. The highest BCUT2D eigenvalue weighted by Gasteiger charge is 2.39. The standard InChI is InChI=1S/C18H28N4O2.HI/c1-23-16-6-4-15(5-7-16)21-17(19)20-14-18(8-12-24-13-9-18)22-10-2-3-11-22;/h4-7H,2-3,8-14H2,1H3,(H3,19,20,21);1H. The van der Waals surface area contributed by atoms with Crippen molar-refractivity contribution in [1.29, 1.82) is 0 Å². The van der Waals surface area contributed by atoms with E-state index in [1.54, 1.807) is 7.11 Å². The minimum Gasteiger partial charge on any atom is -0.497 e. The fourth-order valence-corrected chi connectivity index (χ4v) is 3.61. The molecule has 0 spiro atoms. The van der Waals surface area contributed by atoms with Gasteiger partial charge < -0.3 is 20.5 Å². The number of hydrogen-bond acceptors (Lipinski definition) is 4. The van der Waals surface area contributed by atoms with Crippen molar-refractivity contribution in [3.63, 3.8) is 0 Å². The number of hydrogen-bond donors (Lipinski definition) is 2. The van der Waals surface area contributed by atoms with Crippen LogP contribution in [0.25, 0.3) is 0 Å². The summed E-state index contributed by atoms with van der Waals surface area (Å²) >= 11 is 0. The monoisotopic (exact) mass is 460 g/mol. The van der Waals surface area contributed by atoms with Crippen LogP contribution in [0.1, 0.15) is 25.7 Å². The molecular formula is C18H29IN4O2. The molecule has 0 unspecified atom stereocenters. The molecule has 140 valence electrons. The molecule has 3 rings (SSSR count). The smallest absolute Gasteiger partial charge is 0.193 e. The molecule has 0 bridgehead atoms. The van der Waals surface area contributed by atoms with E-state index >= 15 is 0 Å². The second-order valence-electron chi connectivity index (χ2n) is 6.59. The van der Waals surface area contributed by atoms with Gasteiger partial charge in [0.05, 0.1) is 13.7 Å². The minimum absolute atomic E-state index is 0. The molecule has 0 amide bonds. The van der Waals surface area contributed by atoms with Crippen molar-refractivity contribution in [1.82, 2.24) is 4.90 Å². The maximum atomic E-state index is 6.11. The number of likely N-dealkylation sites (tertiary alicyclic amines) is 1. The second kappa shape index (κ2) is 9.59. The lowest BCUT2D eigenvalue weighted by Gasteiger charge is -2.43. The van der Waals surface area contributed by atoms with Gasteiger partial charge in [0, 0.05) is 24.4 Å². The van der Waals surface area contributed by atoms with Crippen molar-refractivity contribution in [3.05, 3.63) is 24.3 Å². The van der Waals surface area contributed by atoms with E-state index in [1.807, 2.05) is 24.3 Å². The summed E-state index contributed by atoms with van der Waals surface area (Å²) in [6, 6.07) is 7.68. The van der Waals surface area contributed by atoms with Crippen LogP contribution in [0.4, 0.5) is 5.69 Å². The van der Waals surface area contributed by atoms with Crippen LogP contribution in [0.5, 0.6) is 5.75 Å². The molecule has 0 aromatic heterocycles. The number of nitrogens with two attached hydrogens (primary N) is 1. The predicted molar refractivity (Wildman–Crippen MR) is 112 cm³/mol. The summed E-state index contributed by atoms with van der Waals surface area (Å²) < 4.78 is 10.7. The van der Waals surface area contributed by atoms with Crippen LogP contribution in [0.2, 0.25) is 0 Å². The molecule has 0 atom stereocenters. The van der Waals surface area contributed by atoms with Gasteiger partial charge in [-0.25, -0.2) is 0 Å². The first kappa shape index (κ1) is 20.3. The minimum atomic E-state index is 0. The van der Waals surface area contributed by atoms with E-state index < -0.39 is 0 Å². The number of ether oxygens (including phenoxy) is 2. The van der Waals surface area contributed by atoms with Gasteiger partial charge in [-0.15, -0.1) is 24.0 Å². The Hall–Kier alpha value is -1.06.